The fourth-order valence-electron chi connectivity index (χ4n) is 1.90. The average molecular weight is 379 g/mol. The highest BCUT2D eigenvalue weighted by Crippen LogP contribution is 2.23. The summed E-state index contributed by atoms with van der Waals surface area (Å²) < 4.78 is 2.70. The minimum atomic E-state index is -0.0488. The van der Waals surface area contributed by atoms with Gasteiger partial charge in [-0.1, -0.05) is 12.1 Å². The van der Waals surface area contributed by atoms with E-state index in [1.807, 2.05) is 24.4 Å². The van der Waals surface area contributed by atoms with E-state index in [0.717, 1.165) is 9.37 Å². The van der Waals surface area contributed by atoms with Crippen LogP contribution < -0.4 is 0 Å². The molecule has 1 aromatic carbocycles. The molecule has 2 aromatic rings. The number of hydrogen-bond donors (Lipinski definition) is 0. The van der Waals surface area contributed by atoms with E-state index in [2.05, 4.69) is 27.1 Å². The van der Waals surface area contributed by atoms with Crippen molar-refractivity contribution in [2.45, 2.75) is 11.4 Å². The molecule has 2 rings (SSSR count). The minimum absolute atomic E-state index is 0.0488. The summed E-state index contributed by atoms with van der Waals surface area (Å²) in [6, 6.07) is 9.45. The van der Waals surface area contributed by atoms with Crippen LogP contribution in [0.1, 0.15) is 10.4 Å². The monoisotopic (exact) mass is 378 g/mol. The molecule has 0 N–H and O–H groups in total. The van der Waals surface area contributed by atoms with Gasteiger partial charge in [0.05, 0.1) is 34.6 Å². The van der Waals surface area contributed by atoms with E-state index >= 15 is 0 Å². The molecule has 0 aliphatic rings. The zero-order valence-corrected chi connectivity index (χ0v) is 14.5. The van der Waals surface area contributed by atoms with Gasteiger partial charge in [0.25, 0.3) is 5.91 Å². The standard InChI is InChI=1S/C15H15BrN4OS/c1-19(7-8-20-11-12(16)10-18-20)15(21)13-4-2-3-5-14(13)22-9-6-17/h2-5,10-11H,7-9H2,1H3. The average Bonchev–Trinajstić information content (AvgIpc) is 2.95. The van der Waals surface area contributed by atoms with E-state index in [4.69, 9.17) is 5.26 Å². The summed E-state index contributed by atoms with van der Waals surface area (Å²) in [7, 11) is 1.77. The molecule has 0 fully saturated rings. The number of thioether (sulfide) groups is 1. The highest BCUT2D eigenvalue weighted by atomic mass is 79.9. The van der Waals surface area contributed by atoms with Crippen molar-refractivity contribution >= 4 is 33.6 Å². The number of hydrogen-bond acceptors (Lipinski definition) is 4. The van der Waals surface area contributed by atoms with Crippen molar-refractivity contribution in [3.05, 3.63) is 46.7 Å². The Bertz CT molecular complexity index is 695. The number of carbonyl (C=O) groups excluding carboxylic acids is 1. The second-order valence-electron chi connectivity index (χ2n) is 4.59. The van der Waals surface area contributed by atoms with Gasteiger partial charge in [0.15, 0.2) is 0 Å². The van der Waals surface area contributed by atoms with Gasteiger partial charge in [-0.2, -0.15) is 10.4 Å². The van der Waals surface area contributed by atoms with Crippen LogP contribution in [0, 0.1) is 11.3 Å². The quantitative estimate of drug-likeness (QED) is 0.724. The van der Waals surface area contributed by atoms with Gasteiger partial charge in [-0.3, -0.25) is 9.48 Å². The number of likely N-dealkylation sites (N-methyl/N-ethyl adjacent to an activating group) is 1. The van der Waals surface area contributed by atoms with Crippen LogP contribution >= 0.6 is 27.7 Å². The Balaban J connectivity index is 2.02. The number of amides is 1. The van der Waals surface area contributed by atoms with Crippen LogP contribution in [0.15, 0.2) is 46.0 Å². The first-order valence-corrected chi connectivity index (χ1v) is 8.42. The molecule has 0 spiro atoms. The molecule has 5 nitrogen and oxygen atoms in total. The maximum Gasteiger partial charge on any atom is 0.254 e. The molecule has 22 heavy (non-hydrogen) atoms. The van der Waals surface area contributed by atoms with Gasteiger partial charge < -0.3 is 4.90 Å². The summed E-state index contributed by atoms with van der Waals surface area (Å²) >= 11 is 4.72. The van der Waals surface area contributed by atoms with Gasteiger partial charge in [0.1, 0.15) is 0 Å². The molecule has 0 saturated heterocycles. The zero-order chi connectivity index (χ0) is 15.9. The van der Waals surface area contributed by atoms with Crippen LogP contribution in [-0.4, -0.2) is 39.9 Å². The normalized spacial score (nSPS) is 10.2. The Morgan fingerprint density at radius 2 is 2.27 bits per heavy atom. The molecule has 0 aliphatic carbocycles. The number of halogens is 1. The first-order chi connectivity index (χ1) is 10.6. The lowest BCUT2D eigenvalue weighted by atomic mass is 10.2. The predicted molar refractivity (Wildman–Crippen MR) is 89.7 cm³/mol. The van der Waals surface area contributed by atoms with E-state index in [-0.39, 0.29) is 5.91 Å². The van der Waals surface area contributed by atoms with Crippen molar-refractivity contribution in [1.29, 1.82) is 5.26 Å². The van der Waals surface area contributed by atoms with Crippen LogP contribution in [0.4, 0.5) is 0 Å². The van der Waals surface area contributed by atoms with Gasteiger partial charge in [-0.05, 0) is 28.1 Å². The van der Waals surface area contributed by atoms with Gasteiger partial charge in [0, 0.05) is 24.7 Å². The van der Waals surface area contributed by atoms with Crippen molar-refractivity contribution in [2.75, 3.05) is 19.3 Å². The third kappa shape index (κ3) is 4.36. The second kappa shape index (κ2) is 8.01. The summed E-state index contributed by atoms with van der Waals surface area (Å²) in [6.45, 7) is 1.19. The number of rotatable bonds is 6. The topological polar surface area (TPSA) is 61.9 Å². The number of aromatic nitrogens is 2. The summed E-state index contributed by atoms with van der Waals surface area (Å²) in [4.78, 5) is 15.0. The summed E-state index contributed by atoms with van der Waals surface area (Å²) in [5.41, 5.74) is 0.631. The Hall–Kier alpha value is -1.78. The lowest BCUT2D eigenvalue weighted by Crippen LogP contribution is -2.30. The molecule has 7 heteroatoms. The summed E-state index contributed by atoms with van der Waals surface area (Å²) in [5, 5.41) is 12.9. The molecule has 1 aromatic heterocycles. The van der Waals surface area contributed by atoms with Crippen molar-refractivity contribution in [3.8, 4) is 6.07 Å². The Kier molecular flexibility index (Phi) is 6.04. The van der Waals surface area contributed by atoms with Gasteiger partial charge in [-0.25, -0.2) is 0 Å². The Labute approximate surface area is 142 Å². The van der Waals surface area contributed by atoms with E-state index in [9.17, 15) is 4.79 Å². The molecule has 0 atom stereocenters. The number of nitriles is 1. The molecule has 0 radical (unpaired) electrons. The minimum Gasteiger partial charge on any atom is -0.340 e. The molecule has 0 aliphatic heterocycles. The summed E-state index contributed by atoms with van der Waals surface area (Å²) in [6.07, 6.45) is 3.59. The van der Waals surface area contributed by atoms with Crippen LogP contribution in [0.2, 0.25) is 0 Å². The van der Waals surface area contributed by atoms with E-state index in [0.29, 0.717) is 24.4 Å². The predicted octanol–water partition coefficient (Wildman–Crippen LogP) is 3.03. The second-order valence-corrected chi connectivity index (χ2v) is 6.52. The van der Waals surface area contributed by atoms with Crippen LogP contribution in [0.3, 0.4) is 0 Å². The first kappa shape index (κ1) is 16.6. The molecule has 0 bridgehead atoms. The first-order valence-electron chi connectivity index (χ1n) is 6.64. The number of nitrogens with zero attached hydrogens (tertiary/aromatic N) is 4. The third-order valence-corrected chi connectivity index (χ3v) is 4.37. The van der Waals surface area contributed by atoms with Crippen molar-refractivity contribution in [3.63, 3.8) is 0 Å². The van der Waals surface area contributed by atoms with Crippen molar-refractivity contribution < 1.29 is 4.79 Å². The number of carbonyl (C=O) groups is 1. The molecular weight excluding hydrogens is 364 g/mol. The van der Waals surface area contributed by atoms with Crippen LogP contribution in [0.5, 0.6) is 0 Å². The maximum absolute atomic E-state index is 12.5. The fraction of sp³-hybridized carbons (Fsp3) is 0.267. The van der Waals surface area contributed by atoms with Gasteiger partial charge in [0.2, 0.25) is 0 Å². The summed E-state index contributed by atoms with van der Waals surface area (Å²) in [5.74, 6) is 0.280. The Morgan fingerprint density at radius 3 is 2.95 bits per heavy atom. The van der Waals surface area contributed by atoms with E-state index < -0.39 is 0 Å². The van der Waals surface area contributed by atoms with E-state index in [1.54, 1.807) is 28.9 Å². The SMILES string of the molecule is CN(CCn1cc(Br)cn1)C(=O)c1ccccc1SCC#N. The van der Waals surface area contributed by atoms with Crippen LogP contribution in [0.25, 0.3) is 0 Å². The molecule has 114 valence electrons. The zero-order valence-electron chi connectivity index (χ0n) is 12.1. The molecule has 0 saturated carbocycles. The van der Waals surface area contributed by atoms with Gasteiger partial charge >= 0.3 is 0 Å². The van der Waals surface area contributed by atoms with E-state index in [1.165, 1.54) is 11.8 Å². The highest BCUT2D eigenvalue weighted by molar-refractivity contribution is 9.10. The molecule has 1 amide bonds. The smallest absolute Gasteiger partial charge is 0.254 e. The molecule has 0 unspecified atom stereocenters. The molecule has 1 heterocycles. The number of benzene rings is 1. The van der Waals surface area contributed by atoms with Crippen LogP contribution in [-0.2, 0) is 6.54 Å². The third-order valence-electron chi connectivity index (χ3n) is 3.02. The lowest BCUT2D eigenvalue weighted by Gasteiger charge is -2.18. The Morgan fingerprint density at radius 1 is 1.50 bits per heavy atom. The lowest BCUT2D eigenvalue weighted by molar-refractivity contribution is 0.0785. The van der Waals surface area contributed by atoms with Gasteiger partial charge in [-0.15, -0.1) is 11.8 Å². The maximum atomic E-state index is 12.5. The fourth-order valence-corrected chi connectivity index (χ4v) is 2.93. The van der Waals surface area contributed by atoms with Crippen molar-refractivity contribution in [1.82, 2.24) is 14.7 Å². The highest BCUT2D eigenvalue weighted by Gasteiger charge is 2.15. The molecular formula is C15H15BrN4OS. The van der Waals surface area contributed by atoms with Crippen molar-refractivity contribution in [2.24, 2.45) is 0 Å². The largest absolute Gasteiger partial charge is 0.340 e.